The zero-order chi connectivity index (χ0) is 22.1. The Morgan fingerprint density at radius 1 is 1.23 bits per heavy atom. The van der Waals surface area contributed by atoms with Gasteiger partial charge in [-0.1, -0.05) is 12.1 Å². The normalized spacial score (nSPS) is 19.7. The molecule has 0 aromatic heterocycles. The van der Waals surface area contributed by atoms with Gasteiger partial charge in [-0.3, -0.25) is 14.4 Å². The van der Waals surface area contributed by atoms with Crippen molar-refractivity contribution in [2.75, 3.05) is 18.1 Å². The molecule has 7 nitrogen and oxygen atoms in total. The van der Waals surface area contributed by atoms with Gasteiger partial charge in [0.15, 0.2) is 0 Å². The molecular weight excluding hydrogens is 401 g/mol. The van der Waals surface area contributed by atoms with E-state index in [0.717, 1.165) is 11.1 Å². The van der Waals surface area contributed by atoms with Crippen LogP contribution in [0.2, 0.25) is 0 Å². The minimum atomic E-state index is -4.52. The number of benzene rings is 1. The maximum Gasteiger partial charge on any atom is 0.405 e. The van der Waals surface area contributed by atoms with E-state index in [-0.39, 0.29) is 37.4 Å². The molecule has 30 heavy (non-hydrogen) atoms. The molecule has 2 aliphatic heterocycles. The second kappa shape index (κ2) is 8.45. The van der Waals surface area contributed by atoms with Crippen LogP contribution in [0.5, 0.6) is 0 Å². The fourth-order valence-electron chi connectivity index (χ4n) is 3.60. The van der Waals surface area contributed by atoms with Crippen LogP contribution in [0.4, 0.5) is 18.9 Å². The molecular formula is C20H23F3N4O3. The van der Waals surface area contributed by atoms with Crippen molar-refractivity contribution in [2.24, 2.45) is 5.10 Å². The number of amides is 3. The molecule has 1 saturated heterocycles. The lowest BCUT2D eigenvalue weighted by Gasteiger charge is -2.28. The largest absolute Gasteiger partial charge is 0.405 e. The summed E-state index contributed by atoms with van der Waals surface area (Å²) in [6.45, 7) is 2.51. The highest BCUT2D eigenvalue weighted by Crippen LogP contribution is 2.27. The van der Waals surface area contributed by atoms with E-state index in [4.69, 9.17) is 0 Å². The summed E-state index contributed by atoms with van der Waals surface area (Å²) < 4.78 is 37.2. The summed E-state index contributed by atoms with van der Waals surface area (Å²) in [5.41, 5.74) is 2.44. The number of aryl methyl sites for hydroxylation is 2. The first-order valence-corrected chi connectivity index (χ1v) is 9.70. The lowest BCUT2D eigenvalue weighted by Crippen LogP contribution is -2.50. The minimum absolute atomic E-state index is 0.0801. The number of hydrazone groups is 1. The Morgan fingerprint density at radius 3 is 2.67 bits per heavy atom. The van der Waals surface area contributed by atoms with Crippen LogP contribution in [0.1, 0.15) is 36.8 Å². The summed E-state index contributed by atoms with van der Waals surface area (Å²) in [5, 5.41) is 7.30. The number of anilines is 1. The molecule has 10 heteroatoms. The SMILES string of the molecule is Cc1ccc(C)c(N2N=C(C(=O)N3CCCC3C(=O)NCC(F)(F)F)CCC2=O)c1. The molecule has 0 bridgehead atoms. The summed E-state index contributed by atoms with van der Waals surface area (Å²) in [5.74, 6) is -1.61. The van der Waals surface area contributed by atoms with Crippen molar-refractivity contribution in [3.05, 3.63) is 29.3 Å². The summed E-state index contributed by atoms with van der Waals surface area (Å²) in [7, 11) is 0. The number of nitrogens with zero attached hydrogens (tertiary/aromatic N) is 3. The van der Waals surface area contributed by atoms with E-state index in [2.05, 4.69) is 5.10 Å². The van der Waals surface area contributed by atoms with Crippen molar-refractivity contribution >= 4 is 29.1 Å². The lowest BCUT2D eigenvalue weighted by atomic mass is 10.1. The molecule has 3 amide bonds. The number of alkyl halides is 3. The standard InChI is InChI=1S/C20H23F3N4O3/c1-12-5-6-13(2)16(10-12)27-17(28)8-7-14(25-27)19(30)26-9-3-4-15(26)18(29)24-11-20(21,22)23/h5-6,10,15H,3-4,7-9,11H2,1-2H3,(H,24,29). The van der Waals surface area contributed by atoms with Gasteiger partial charge in [0.1, 0.15) is 18.3 Å². The van der Waals surface area contributed by atoms with Gasteiger partial charge in [0, 0.05) is 19.4 Å². The highest BCUT2D eigenvalue weighted by molar-refractivity contribution is 6.40. The average molecular weight is 424 g/mol. The van der Waals surface area contributed by atoms with Crippen LogP contribution >= 0.6 is 0 Å². The van der Waals surface area contributed by atoms with Gasteiger partial charge in [-0.15, -0.1) is 0 Å². The van der Waals surface area contributed by atoms with E-state index in [0.29, 0.717) is 12.1 Å². The summed E-state index contributed by atoms with van der Waals surface area (Å²) in [6, 6.07) is 4.57. The van der Waals surface area contributed by atoms with Crippen LogP contribution < -0.4 is 10.3 Å². The Kier molecular flexibility index (Phi) is 6.14. The molecule has 1 fully saturated rings. The summed E-state index contributed by atoms with van der Waals surface area (Å²) in [6.07, 6.45) is -3.54. The number of hydrogen-bond donors (Lipinski definition) is 1. The van der Waals surface area contributed by atoms with Gasteiger partial charge in [-0.25, -0.2) is 5.01 Å². The first kappa shape index (κ1) is 21.8. The molecule has 162 valence electrons. The molecule has 1 N–H and O–H groups in total. The molecule has 1 unspecified atom stereocenters. The minimum Gasteiger partial charge on any atom is -0.345 e. The Morgan fingerprint density at radius 2 is 1.97 bits per heavy atom. The first-order valence-electron chi connectivity index (χ1n) is 9.70. The molecule has 2 aliphatic rings. The van der Waals surface area contributed by atoms with Crippen LogP contribution in [0.25, 0.3) is 0 Å². The maximum atomic E-state index is 13.0. The van der Waals surface area contributed by atoms with E-state index >= 15 is 0 Å². The summed E-state index contributed by atoms with van der Waals surface area (Å²) in [4.78, 5) is 38.9. The fraction of sp³-hybridized carbons (Fsp3) is 0.500. The van der Waals surface area contributed by atoms with Gasteiger partial charge < -0.3 is 10.2 Å². The third-order valence-corrected chi connectivity index (χ3v) is 5.15. The molecule has 1 aromatic carbocycles. The second-order valence-corrected chi connectivity index (χ2v) is 7.53. The van der Waals surface area contributed by atoms with Gasteiger partial charge in [0.05, 0.1) is 5.69 Å². The van der Waals surface area contributed by atoms with E-state index in [1.165, 1.54) is 9.91 Å². The highest BCUT2D eigenvalue weighted by atomic mass is 19.4. The van der Waals surface area contributed by atoms with Crippen molar-refractivity contribution in [2.45, 2.75) is 51.7 Å². The third kappa shape index (κ3) is 4.80. The number of halogens is 3. The van der Waals surface area contributed by atoms with E-state index in [1.54, 1.807) is 6.07 Å². The maximum absolute atomic E-state index is 13.0. The predicted octanol–water partition coefficient (Wildman–Crippen LogP) is 2.46. The van der Waals surface area contributed by atoms with Gasteiger partial charge in [0.25, 0.3) is 5.91 Å². The third-order valence-electron chi connectivity index (χ3n) is 5.15. The Balaban J connectivity index is 1.80. The van der Waals surface area contributed by atoms with Crippen LogP contribution in [-0.2, 0) is 14.4 Å². The van der Waals surface area contributed by atoms with Gasteiger partial charge in [-0.2, -0.15) is 18.3 Å². The smallest absolute Gasteiger partial charge is 0.345 e. The van der Waals surface area contributed by atoms with Crippen LogP contribution in [-0.4, -0.2) is 53.6 Å². The number of nitrogens with one attached hydrogen (secondary N) is 1. The number of rotatable bonds is 4. The molecule has 1 atom stereocenters. The van der Waals surface area contributed by atoms with Crippen LogP contribution in [0.15, 0.2) is 23.3 Å². The molecule has 2 heterocycles. The van der Waals surface area contributed by atoms with Crippen LogP contribution in [0, 0.1) is 13.8 Å². The first-order chi connectivity index (χ1) is 14.1. The molecule has 0 saturated carbocycles. The quantitative estimate of drug-likeness (QED) is 0.806. The zero-order valence-electron chi connectivity index (χ0n) is 16.8. The Hall–Kier alpha value is -2.91. The van der Waals surface area contributed by atoms with Gasteiger partial charge >= 0.3 is 6.18 Å². The lowest BCUT2D eigenvalue weighted by molar-refractivity contribution is -0.143. The number of carbonyl (C=O) groups is 3. The van der Waals surface area contributed by atoms with Crippen LogP contribution in [0.3, 0.4) is 0 Å². The van der Waals surface area contributed by atoms with E-state index in [1.807, 2.05) is 31.3 Å². The molecule has 1 aromatic rings. The fourth-order valence-corrected chi connectivity index (χ4v) is 3.60. The monoisotopic (exact) mass is 424 g/mol. The van der Waals surface area contributed by atoms with Crippen molar-refractivity contribution in [3.8, 4) is 0 Å². The number of hydrogen-bond acceptors (Lipinski definition) is 4. The van der Waals surface area contributed by atoms with E-state index in [9.17, 15) is 27.6 Å². The predicted molar refractivity (Wildman–Crippen MR) is 104 cm³/mol. The zero-order valence-corrected chi connectivity index (χ0v) is 16.8. The number of likely N-dealkylation sites (tertiary alicyclic amines) is 1. The van der Waals surface area contributed by atoms with Crippen molar-refractivity contribution in [1.29, 1.82) is 0 Å². The Labute approximate surface area is 171 Å². The summed E-state index contributed by atoms with van der Waals surface area (Å²) >= 11 is 0. The topological polar surface area (TPSA) is 82.1 Å². The molecule has 0 radical (unpaired) electrons. The van der Waals surface area contributed by atoms with E-state index < -0.39 is 30.6 Å². The molecule has 0 spiro atoms. The van der Waals surface area contributed by atoms with Gasteiger partial charge in [-0.05, 0) is 43.9 Å². The molecule has 3 rings (SSSR count). The van der Waals surface area contributed by atoms with Gasteiger partial charge in [0.2, 0.25) is 11.8 Å². The number of carbonyl (C=O) groups excluding carboxylic acids is 3. The van der Waals surface area contributed by atoms with Crippen molar-refractivity contribution in [1.82, 2.24) is 10.2 Å². The average Bonchev–Trinajstić information content (AvgIpc) is 3.17. The Bertz CT molecular complexity index is 898. The molecule has 0 aliphatic carbocycles. The second-order valence-electron chi connectivity index (χ2n) is 7.53. The van der Waals surface area contributed by atoms with Crippen molar-refractivity contribution < 1.29 is 27.6 Å². The van der Waals surface area contributed by atoms with Crippen molar-refractivity contribution in [3.63, 3.8) is 0 Å². The highest BCUT2D eigenvalue weighted by Gasteiger charge is 2.39.